The summed E-state index contributed by atoms with van der Waals surface area (Å²) in [5.41, 5.74) is 1.23. The topological polar surface area (TPSA) is 37.3 Å². The Bertz CT molecular complexity index is 694. The molecule has 0 aromatic heterocycles. The fraction of sp³-hybridized carbons (Fsp3) is 0.621. The average Bonchev–Trinajstić information content (AvgIpc) is 3.24. The number of carbonyl (C=O) groups is 1. The molecule has 0 spiro atoms. The second-order valence-electron chi connectivity index (χ2n) is 9.45. The van der Waals surface area contributed by atoms with Gasteiger partial charge in [0.1, 0.15) is 0 Å². The largest absolute Gasteiger partial charge is 0.481 e. The van der Waals surface area contributed by atoms with Crippen LogP contribution in [0, 0.1) is 17.8 Å². The third-order valence-corrected chi connectivity index (χ3v) is 7.92. The van der Waals surface area contributed by atoms with E-state index in [0.29, 0.717) is 5.92 Å². The van der Waals surface area contributed by atoms with Gasteiger partial charge in [0.15, 0.2) is 0 Å². The van der Waals surface area contributed by atoms with Crippen molar-refractivity contribution in [2.45, 2.75) is 90.9 Å². The Balaban J connectivity index is 1.61. The summed E-state index contributed by atoms with van der Waals surface area (Å²) in [5, 5.41) is 9.57. The molecule has 3 heteroatoms. The Morgan fingerprint density at radius 2 is 1.94 bits per heavy atom. The fourth-order valence-corrected chi connectivity index (χ4v) is 5.68. The van der Waals surface area contributed by atoms with E-state index >= 15 is 0 Å². The molecule has 178 valence electrons. The molecular weight excluding hydrogens is 412 g/mol. The van der Waals surface area contributed by atoms with Gasteiger partial charge < -0.3 is 5.11 Å². The third kappa shape index (κ3) is 10.9. The molecule has 32 heavy (non-hydrogen) atoms. The number of aliphatic carboxylic acids is 1. The Morgan fingerprint density at radius 1 is 1.12 bits per heavy atom. The number of rotatable bonds is 17. The summed E-state index contributed by atoms with van der Waals surface area (Å²) in [4.78, 5) is 13.2. The minimum atomic E-state index is -0.638. The van der Waals surface area contributed by atoms with E-state index in [1.165, 1.54) is 50.5 Å². The summed E-state index contributed by atoms with van der Waals surface area (Å²) in [6, 6.07) is 10.2. The molecule has 0 saturated heterocycles. The van der Waals surface area contributed by atoms with Gasteiger partial charge in [-0.05, 0) is 73.5 Å². The summed E-state index contributed by atoms with van der Waals surface area (Å²) in [7, 11) is 0. The number of aryl methyl sites for hydroxylation is 1. The summed E-state index contributed by atoms with van der Waals surface area (Å²) < 4.78 is 0. The van der Waals surface area contributed by atoms with Crippen LogP contribution in [0.25, 0.3) is 0 Å². The number of unbranched alkanes of at least 4 members (excludes halogenated alkanes) is 2. The summed E-state index contributed by atoms with van der Waals surface area (Å²) >= 11 is 2.00. The van der Waals surface area contributed by atoms with Crippen molar-refractivity contribution >= 4 is 17.7 Å². The molecule has 0 amide bonds. The zero-order valence-electron chi connectivity index (χ0n) is 20.3. The van der Waals surface area contributed by atoms with E-state index in [-0.39, 0.29) is 5.92 Å². The summed E-state index contributed by atoms with van der Waals surface area (Å²) in [5.74, 6) is 1.70. The molecule has 0 bridgehead atoms. The number of allylic oxidation sites excluding steroid dienone is 4. The Hall–Kier alpha value is -1.48. The van der Waals surface area contributed by atoms with Crippen LogP contribution in [-0.4, -0.2) is 16.8 Å². The Morgan fingerprint density at radius 3 is 2.69 bits per heavy atom. The predicted octanol–water partition coefficient (Wildman–Crippen LogP) is 8.68. The molecule has 1 aromatic rings. The van der Waals surface area contributed by atoms with Gasteiger partial charge in [-0.25, -0.2) is 0 Å². The van der Waals surface area contributed by atoms with Crippen LogP contribution in [0.2, 0.25) is 0 Å². The molecule has 1 aliphatic carbocycles. The van der Waals surface area contributed by atoms with Crippen LogP contribution in [0.5, 0.6) is 0 Å². The molecule has 1 aromatic carbocycles. The van der Waals surface area contributed by atoms with Crippen molar-refractivity contribution in [3.05, 3.63) is 59.0 Å². The van der Waals surface area contributed by atoms with Gasteiger partial charge in [0.25, 0.3) is 0 Å². The van der Waals surface area contributed by atoms with Crippen molar-refractivity contribution in [1.82, 2.24) is 0 Å². The van der Waals surface area contributed by atoms with Gasteiger partial charge in [0.2, 0.25) is 0 Å². The van der Waals surface area contributed by atoms with Gasteiger partial charge in [0, 0.05) is 5.92 Å². The van der Waals surface area contributed by atoms with Crippen LogP contribution in [0.15, 0.2) is 53.5 Å². The van der Waals surface area contributed by atoms with Gasteiger partial charge in [0.05, 0.1) is 5.92 Å². The number of thioether (sulfide) groups is 1. The van der Waals surface area contributed by atoms with Crippen molar-refractivity contribution in [2.75, 3.05) is 5.75 Å². The first-order valence-corrected chi connectivity index (χ1v) is 13.8. The van der Waals surface area contributed by atoms with Gasteiger partial charge in [-0.15, -0.1) is 11.8 Å². The maximum Gasteiger partial charge on any atom is 0.306 e. The summed E-state index contributed by atoms with van der Waals surface area (Å²) in [6.07, 6.45) is 20.8. The van der Waals surface area contributed by atoms with Crippen LogP contribution in [0.4, 0.5) is 0 Å². The van der Waals surface area contributed by atoms with Crippen LogP contribution in [0.3, 0.4) is 0 Å². The van der Waals surface area contributed by atoms with Crippen LogP contribution < -0.4 is 0 Å². The van der Waals surface area contributed by atoms with Crippen molar-refractivity contribution in [1.29, 1.82) is 0 Å². The van der Waals surface area contributed by atoms with Crippen LogP contribution in [0.1, 0.15) is 90.0 Å². The predicted molar refractivity (Wildman–Crippen MR) is 140 cm³/mol. The van der Waals surface area contributed by atoms with E-state index in [4.69, 9.17) is 0 Å². The highest BCUT2D eigenvalue weighted by atomic mass is 32.2. The second-order valence-corrected chi connectivity index (χ2v) is 10.6. The quantitative estimate of drug-likeness (QED) is 0.188. The number of benzene rings is 1. The Kier molecular flexibility index (Phi) is 13.5. The SMILES string of the molecule is CCCCC(C)CCC=C[C@H]1CCC=C1SCCCCC(CCc1ccccc1)C(=O)O. The second kappa shape index (κ2) is 16.2. The van der Waals surface area contributed by atoms with Gasteiger partial charge in [-0.2, -0.15) is 0 Å². The van der Waals surface area contributed by atoms with Crippen LogP contribution >= 0.6 is 11.8 Å². The lowest BCUT2D eigenvalue weighted by atomic mass is 9.94. The molecule has 2 rings (SSSR count). The zero-order valence-corrected chi connectivity index (χ0v) is 21.1. The first-order chi connectivity index (χ1) is 15.6. The van der Waals surface area contributed by atoms with E-state index in [0.717, 1.165) is 43.8 Å². The third-order valence-electron chi connectivity index (χ3n) is 6.62. The molecule has 1 aliphatic rings. The van der Waals surface area contributed by atoms with Gasteiger partial charge in [-0.3, -0.25) is 4.79 Å². The minimum Gasteiger partial charge on any atom is -0.481 e. The molecule has 2 nitrogen and oxygen atoms in total. The number of carboxylic acids is 1. The van der Waals surface area contributed by atoms with Gasteiger partial charge >= 0.3 is 5.97 Å². The number of carboxylic acid groups (broad SMARTS) is 1. The molecule has 0 heterocycles. The normalized spacial score (nSPS) is 18.1. The molecule has 0 radical (unpaired) electrons. The lowest BCUT2D eigenvalue weighted by Gasteiger charge is -2.13. The lowest BCUT2D eigenvalue weighted by Crippen LogP contribution is -2.14. The molecule has 0 fully saturated rings. The van der Waals surface area contributed by atoms with E-state index in [2.05, 4.69) is 44.2 Å². The zero-order chi connectivity index (χ0) is 23.0. The maximum absolute atomic E-state index is 11.6. The highest BCUT2D eigenvalue weighted by Gasteiger charge is 2.18. The molecule has 3 atom stereocenters. The molecule has 2 unspecified atom stereocenters. The lowest BCUT2D eigenvalue weighted by molar-refractivity contribution is -0.142. The van der Waals surface area contributed by atoms with E-state index in [1.54, 1.807) is 4.91 Å². The van der Waals surface area contributed by atoms with E-state index in [9.17, 15) is 9.90 Å². The van der Waals surface area contributed by atoms with Crippen molar-refractivity contribution in [2.24, 2.45) is 17.8 Å². The molecule has 0 saturated carbocycles. The first kappa shape index (κ1) is 26.8. The molecular formula is C29H44O2S. The van der Waals surface area contributed by atoms with E-state index < -0.39 is 5.97 Å². The minimum absolute atomic E-state index is 0.221. The van der Waals surface area contributed by atoms with Gasteiger partial charge in [-0.1, -0.05) is 88.1 Å². The monoisotopic (exact) mass is 456 g/mol. The highest BCUT2D eigenvalue weighted by Crippen LogP contribution is 2.36. The number of hydrogen-bond donors (Lipinski definition) is 1. The Labute approximate surface area is 201 Å². The first-order valence-electron chi connectivity index (χ1n) is 12.9. The molecule has 0 aliphatic heterocycles. The van der Waals surface area contributed by atoms with Crippen molar-refractivity contribution in [3.63, 3.8) is 0 Å². The smallest absolute Gasteiger partial charge is 0.306 e. The maximum atomic E-state index is 11.6. The van der Waals surface area contributed by atoms with Crippen molar-refractivity contribution in [3.8, 4) is 0 Å². The van der Waals surface area contributed by atoms with Crippen LogP contribution in [-0.2, 0) is 11.2 Å². The number of hydrogen-bond acceptors (Lipinski definition) is 2. The average molecular weight is 457 g/mol. The summed E-state index contributed by atoms with van der Waals surface area (Å²) in [6.45, 7) is 4.66. The molecule has 1 N–H and O–H groups in total. The fourth-order valence-electron chi connectivity index (χ4n) is 4.45. The highest BCUT2D eigenvalue weighted by molar-refractivity contribution is 8.03. The van der Waals surface area contributed by atoms with Crippen molar-refractivity contribution < 1.29 is 9.90 Å². The standard InChI is InChI=1S/C29H44O2S/c1-3-4-13-24(2)14-8-9-17-26-19-12-20-28(26)32-23-11-10-18-27(29(30)31)22-21-25-15-6-5-7-16-25/h5-7,9,15-17,20,24,26-27H,3-4,8,10-14,18-19,21-23H2,1-2H3,(H,30,31)/t24?,26-,27?/m0/s1. The van der Waals surface area contributed by atoms with E-state index in [1.807, 2.05) is 30.0 Å².